The Morgan fingerprint density at radius 1 is 1.31 bits per heavy atom. The SMILES string of the molecule is [B]N1C(C(C)C)C(C)C(C)S1(=O)=O. The lowest BCUT2D eigenvalue weighted by molar-refractivity contribution is 0.301. The van der Waals surface area contributed by atoms with Crippen LogP contribution in [0, 0.1) is 11.8 Å². The highest BCUT2D eigenvalue weighted by Gasteiger charge is 2.46. The number of sulfonamides is 1. The minimum atomic E-state index is -3.24. The van der Waals surface area contributed by atoms with E-state index in [1.165, 1.54) is 0 Å². The first kappa shape index (κ1) is 11.1. The number of hydrogen-bond donors (Lipinski definition) is 0. The monoisotopic (exact) mass is 201 g/mol. The summed E-state index contributed by atoms with van der Waals surface area (Å²) < 4.78 is 24.3. The molecular weight excluding hydrogens is 185 g/mol. The van der Waals surface area contributed by atoms with E-state index in [4.69, 9.17) is 7.98 Å². The molecule has 1 rings (SSSR count). The third-order valence-electron chi connectivity index (χ3n) is 3.02. The zero-order valence-electron chi connectivity index (χ0n) is 8.56. The van der Waals surface area contributed by atoms with Gasteiger partial charge in [-0.15, -0.1) is 0 Å². The summed E-state index contributed by atoms with van der Waals surface area (Å²) in [6, 6.07) is -0.0556. The maximum atomic E-state index is 11.6. The highest BCUT2D eigenvalue weighted by Crippen LogP contribution is 2.34. The second kappa shape index (κ2) is 3.28. The van der Waals surface area contributed by atoms with Gasteiger partial charge in [-0.2, -0.15) is 0 Å². The smallest absolute Gasteiger partial charge is 0.206 e. The first-order valence-electron chi connectivity index (χ1n) is 4.58. The minimum absolute atomic E-state index is 0.0556. The predicted octanol–water partition coefficient (Wildman–Crippen LogP) is 0.764. The van der Waals surface area contributed by atoms with Crippen LogP contribution >= 0.6 is 0 Å². The predicted molar refractivity (Wildman–Crippen MR) is 53.8 cm³/mol. The zero-order chi connectivity index (χ0) is 10.4. The van der Waals surface area contributed by atoms with Crippen LogP contribution in [0.5, 0.6) is 0 Å². The molecule has 1 aliphatic rings. The second-order valence-electron chi connectivity index (χ2n) is 4.17. The van der Waals surface area contributed by atoms with Crippen molar-refractivity contribution in [2.45, 2.75) is 39.0 Å². The molecule has 0 bridgehead atoms. The summed E-state index contributed by atoms with van der Waals surface area (Å²) in [6.07, 6.45) is 0. The molecule has 0 amide bonds. The Hall–Kier alpha value is -0.0251. The average Bonchev–Trinajstić information content (AvgIpc) is 2.14. The van der Waals surface area contributed by atoms with Gasteiger partial charge in [0.1, 0.15) is 0 Å². The van der Waals surface area contributed by atoms with Gasteiger partial charge in [0.05, 0.1) is 5.25 Å². The standard InChI is InChI=1S/C8H16BNO2S/c1-5(2)8-6(3)7(4)13(11,12)10(8)9/h5-8H,1-4H3. The molecule has 13 heavy (non-hydrogen) atoms. The normalized spacial score (nSPS) is 39.9. The third kappa shape index (κ3) is 1.52. The van der Waals surface area contributed by atoms with Crippen molar-refractivity contribution in [3.05, 3.63) is 0 Å². The molecule has 1 saturated heterocycles. The fraction of sp³-hybridized carbons (Fsp3) is 1.00. The Kier molecular flexibility index (Phi) is 2.79. The van der Waals surface area contributed by atoms with Gasteiger partial charge in [0.15, 0.2) is 0 Å². The first-order chi connectivity index (χ1) is 5.80. The van der Waals surface area contributed by atoms with Crippen LogP contribution in [0.1, 0.15) is 27.7 Å². The van der Waals surface area contributed by atoms with Crippen LogP contribution in [0.15, 0.2) is 0 Å². The molecular formula is C8H16BNO2S. The Bertz CT molecular complexity index is 289. The van der Waals surface area contributed by atoms with Crippen molar-refractivity contribution in [3.8, 4) is 0 Å². The van der Waals surface area contributed by atoms with E-state index in [-0.39, 0.29) is 23.1 Å². The summed E-state index contributed by atoms with van der Waals surface area (Å²) in [5.74, 6) is 0.370. The summed E-state index contributed by atoms with van der Waals surface area (Å²) in [7, 11) is 2.35. The summed E-state index contributed by atoms with van der Waals surface area (Å²) >= 11 is 0. The van der Waals surface area contributed by atoms with Crippen LogP contribution in [0.4, 0.5) is 0 Å². The number of rotatable bonds is 1. The second-order valence-corrected chi connectivity index (χ2v) is 6.37. The quantitative estimate of drug-likeness (QED) is 0.587. The van der Waals surface area contributed by atoms with E-state index in [0.717, 1.165) is 4.22 Å². The molecule has 74 valence electrons. The molecule has 3 atom stereocenters. The van der Waals surface area contributed by atoms with E-state index in [1.807, 2.05) is 20.8 Å². The van der Waals surface area contributed by atoms with Crippen molar-refractivity contribution in [3.63, 3.8) is 0 Å². The summed E-state index contributed by atoms with van der Waals surface area (Å²) in [4.78, 5) is 0. The minimum Gasteiger partial charge on any atom is -0.252 e. The zero-order valence-corrected chi connectivity index (χ0v) is 9.38. The van der Waals surface area contributed by atoms with Crippen LogP contribution in [0.3, 0.4) is 0 Å². The Morgan fingerprint density at radius 2 is 1.77 bits per heavy atom. The third-order valence-corrected chi connectivity index (χ3v) is 5.22. The van der Waals surface area contributed by atoms with Gasteiger partial charge in [-0.1, -0.05) is 20.8 Å². The van der Waals surface area contributed by atoms with Gasteiger partial charge in [-0.25, -0.2) is 8.42 Å². The number of hydrogen-bond acceptors (Lipinski definition) is 2. The average molecular weight is 201 g/mol. The van der Waals surface area contributed by atoms with E-state index >= 15 is 0 Å². The van der Waals surface area contributed by atoms with Crippen molar-refractivity contribution in [2.24, 2.45) is 11.8 Å². The molecule has 0 aromatic carbocycles. The van der Waals surface area contributed by atoms with Gasteiger partial charge in [-0.05, 0) is 18.8 Å². The lowest BCUT2D eigenvalue weighted by Gasteiger charge is -2.25. The van der Waals surface area contributed by atoms with Gasteiger partial charge in [0.25, 0.3) is 0 Å². The van der Waals surface area contributed by atoms with Crippen molar-refractivity contribution in [1.29, 1.82) is 0 Å². The maximum absolute atomic E-state index is 11.6. The van der Waals surface area contributed by atoms with E-state index in [9.17, 15) is 8.42 Å². The molecule has 1 fully saturated rings. The number of nitrogens with zero attached hydrogens (tertiary/aromatic N) is 1. The van der Waals surface area contributed by atoms with Crippen molar-refractivity contribution in [2.75, 3.05) is 0 Å². The van der Waals surface area contributed by atoms with Crippen LogP contribution in [0.2, 0.25) is 0 Å². The van der Waals surface area contributed by atoms with Crippen molar-refractivity contribution in [1.82, 2.24) is 4.22 Å². The van der Waals surface area contributed by atoms with E-state index in [0.29, 0.717) is 0 Å². The summed E-state index contributed by atoms with van der Waals surface area (Å²) in [5, 5.41) is -0.357. The fourth-order valence-corrected chi connectivity index (χ4v) is 3.91. The van der Waals surface area contributed by atoms with E-state index in [1.54, 1.807) is 6.92 Å². The van der Waals surface area contributed by atoms with E-state index < -0.39 is 10.0 Å². The molecule has 1 aliphatic heterocycles. The fourth-order valence-electron chi connectivity index (χ4n) is 2.04. The lowest BCUT2D eigenvalue weighted by atomic mass is 9.89. The molecule has 5 heteroatoms. The van der Waals surface area contributed by atoms with E-state index in [2.05, 4.69) is 0 Å². The Labute approximate surface area is 82.0 Å². The molecule has 0 aromatic heterocycles. The summed E-state index contributed by atoms with van der Waals surface area (Å²) in [6.45, 7) is 7.66. The van der Waals surface area contributed by atoms with Gasteiger partial charge >= 0.3 is 0 Å². The van der Waals surface area contributed by atoms with Gasteiger partial charge in [-0.3, -0.25) is 4.22 Å². The van der Waals surface area contributed by atoms with Crippen molar-refractivity contribution >= 4 is 18.0 Å². The molecule has 2 radical (unpaired) electrons. The van der Waals surface area contributed by atoms with Gasteiger partial charge in [0, 0.05) is 6.04 Å². The molecule has 0 aliphatic carbocycles. The molecule has 0 aromatic rings. The lowest BCUT2D eigenvalue weighted by Crippen LogP contribution is -2.36. The molecule has 3 nitrogen and oxygen atoms in total. The topological polar surface area (TPSA) is 37.4 Å². The summed E-state index contributed by atoms with van der Waals surface area (Å²) in [5.41, 5.74) is 0. The first-order valence-corrected chi connectivity index (χ1v) is 6.08. The maximum Gasteiger partial charge on any atom is 0.206 e. The molecule has 0 N–H and O–H groups in total. The Balaban J connectivity index is 3.06. The van der Waals surface area contributed by atoms with Crippen molar-refractivity contribution < 1.29 is 8.42 Å². The molecule has 3 unspecified atom stereocenters. The molecule has 0 spiro atoms. The van der Waals surface area contributed by atoms with Crippen LogP contribution in [-0.2, 0) is 10.0 Å². The van der Waals surface area contributed by atoms with Crippen LogP contribution in [0.25, 0.3) is 0 Å². The molecule has 0 saturated carbocycles. The molecule has 1 heterocycles. The van der Waals surface area contributed by atoms with Crippen LogP contribution in [-0.4, -0.2) is 31.9 Å². The van der Waals surface area contributed by atoms with Gasteiger partial charge < -0.3 is 0 Å². The van der Waals surface area contributed by atoms with Crippen LogP contribution < -0.4 is 0 Å². The van der Waals surface area contributed by atoms with Gasteiger partial charge in [0.2, 0.25) is 18.0 Å². The highest BCUT2D eigenvalue weighted by molar-refractivity contribution is 7.90. The highest BCUT2D eigenvalue weighted by atomic mass is 32.2. The largest absolute Gasteiger partial charge is 0.252 e. The Morgan fingerprint density at radius 3 is 1.92 bits per heavy atom.